The Morgan fingerprint density at radius 2 is 1.36 bits per heavy atom. The molecule has 3 fully saturated rings. The molecule has 3 saturated carbocycles. The van der Waals surface area contributed by atoms with Crippen LogP contribution in [0.2, 0.25) is 0 Å². The first-order valence-corrected chi connectivity index (χ1v) is 12.6. The molecule has 0 nitrogen and oxygen atoms in total. The predicted octanol–water partition coefficient (Wildman–Crippen LogP) is 5.68. The molecule has 0 spiro atoms. The highest BCUT2D eigenvalue weighted by Gasteiger charge is 2.55. The summed E-state index contributed by atoms with van der Waals surface area (Å²) in [7, 11) is 0. The summed E-state index contributed by atoms with van der Waals surface area (Å²) in [5.74, 6) is 9.28. The maximum absolute atomic E-state index is 4.33. The molecule has 3 aliphatic rings. The van der Waals surface area contributed by atoms with Crippen molar-refractivity contribution < 1.29 is 0 Å². The van der Waals surface area contributed by atoms with E-state index in [4.69, 9.17) is 0 Å². The second-order valence-electron chi connectivity index (χ2n) is 7.46. The van der Waals surface area contributed by atoms with Crippen LogP contribution in [-0.4, -0.2) is 33.5 Å². The Morgan fingerprint density at radius 3 is 2.09 bits per heavy atom. The van der Waals surface area contributed by atoms with Crippen LogP contribution in [0.25, 0.3) is 0 Å². The van der Waals surface area contributed by atoms with Gasteiger partial charge in [0.25, 0.3) is 0 Å². The lowest BCUT2D eigenvalue weighted by Gasteiger charge is -2.31. The van der Waals surface area contributed by atoms with Gasteiger partial charge in [0.2, 0.25) is 0 Å². The Labute approximate surface area is 156 Å². The quantitative estimate of drug-likeness (QED) is 0.372. The molecule has 2 bridgehead atoms. The summed E-state index contributed by atoms with van der Waals surface area (Å²) >= 11 is 13.3. The smallest absolute Gasteiger partial charge is 0.00809 e. The number of rotatable bonds is 10. The van der Waals surface area contributed by atoms with E-state index in [1.807, 2.05) is 0 Å². The van der Waals surface area contributed by atoms with Gasteiger partial charge in [-0.25, -0.2) is 0 Å². The average molecular weight is 377 g/mol. The lowest BCUT2D eigenvalue weighted by Crippen LogP contribution is -2.26. The van der Waals surface area contributed by atoms with Crippen molar-refractivity contribution >= 4 is 48.8 Å². The Hall–Kier alpha value is 1.40. The van der Waals surface area contributed by atoms with Gasteiger partial charge in [-0.05, 0) is 98.0 Å². The Kier molecular flexibility index (Phi) is 7.61. The highest BCUT2D eigenvalue weighted by molar-refractivity contribution is 8.00. The van der Waals surface area contributed by atoms with E-state index in [1.54, 1.807) is 25.7 Å². The molecule has 6 atom stereocenters. The van der Waals surface area contributed by atoms with Gasteiger partial charge in [-0.2, -0.15) is 48.8 Å². The molecule has 0 heterocycles. The number of hydrogen-bond donors (Lipinski definition) is 2. The summed E-state index contributed by atoms with van der Waals surface area (Å²) in [5.41, 5.74) is 0. The zero-order chi connectivity index (χ0) is 15.4. The van der Waals surface area contributed by atoms with E-state index in [-0.39, 0.29) is 0 Å². The van der Waals surface area contributed by atoms with Gasteiger partial charge in [-0.1, -0.05) is 0 Å². The molecule has 128 valence electrons. The largest absolute Gasteiger partial charge is 0.179 e. The van der Waals surface area contributed by atoms with Crippen molar-refractivity contribution in [3.8, 4) is 0 Å². The van der Waals surface area contributed by atoms with Crippen LogP contribution in [0.4, 0.5) is 0 Å². The first-order valence-electron chi connectivity index (χ1n) is 9.28. The molecule has 0 aromatic carbocycles. The molecule has 0 aromatic rings. The maximum Gasteiger partial charge on any atom is 0.00809 e. The minimum Gasteiger partial charge on any atom is -0.179 e. The van der Waals surface area contributed by atoms with Gasteiger partial charge >= 0.3 is 0 Å². The fraction of sp³-hybridized carbons (Fsp3) is 1.00. The van der Waals surface area contributed by atoms with Crippen molar-refractivity contribution in [2.75, 3.05) is 23.0 Å². The van der Waals surface area contributed by atoms with Crippen molar-refractivity contribution in [1.29, 1.82) is 0 Å². The van der Waals surface area contributed by atoms with Gasteiger partial charge in [-0.15, -0.1) is 0 Å². The first kappa shape index (κ1) is 18.2. The molecule has 6 unspecified atom stereocenters. The average Bonchev–Trinajstić information content (AvgIpc) is 3.19. The van der Waals surface area contributed by atoms with Crippen LogP contribution in [0.3, 0.4) is 0 Å². The van der Waals surface area contributed by atoms with Gasteiger partial charge in [-0.3, -0.25) is 0 Å². The molecule has 0 saturated heterocycles. The Morgan fingerprint density at radius 1 is 0.682 bits per heavy atom. The second kappa shape index (κ2) is 9.20. The number of unbranched alkanes of at least 4 members (excludes halogenated alkanes) is 2. The third kappa shape index (κ3) is 4.32. The van der Waals surface area contributed by atoms with Crippen LogP contribution in [0.5, 0.6) is 0 Å². The summed E-state index contributed by atoms with van der Waals surface area (Å²) in [4.78, 5) is 0. The zero-order valence-corrected chi connectivity index (χ0v) is 17.1. The molecule has 0 N–H and O–H groups in total. The van der Waals surface area contributed by atoms with Gasteiger partial charge in [0.1, 0.15) is 0 Å². The molecular weight excluding hydrogens is 344 g/mol. The van der Waals surface area contributed by atoms with Gasteiger partial charge in [0, 0.05) is 10.5 Å². The van der Waals surface area contributed by atoms with Gasteiger partial charge < -0.3 is 0 Å². The van der Waals surface area contributed by atoms with Crippen molar-refractivity contribution in [3.05, 3.63) is 0 Å². The molecule has 3 rings (SSSR count). The van der Waals surface area contributed by atoms with E-state index in [9.17, 15) is 0 Å². The SMILES string of the molecule is SCCCCSC1CC2C3CC(SCCCCS)C(C3)C2C1. The first-order chi connectivity index (χ1) is 10.8. The minimum absolute atomic E-state index is 0.994. The van der Waals surface area contributed by atoms with Crippen molar-refractivity contribution in [3.63, 3.8) is 0 Å². The van der Waals surface area contributed by atoms with E-state index in [1.165, 1.54) is 37.2 Å². The Balaban J connectivity index is 1.40. The van der Waals surface area contributed by atoms with Crippen molar-refractivity contribution in [2.45, 2.75) is 61.9 Å². The summed E-state index contributed by atoms with van der Waals surface area (Å²) in [5, 5.41) is 2.01. The topological polar surface area (TPSA) is 0 Å². The number of fused-ring (bicyclic) bond motifs is 5. The number of thiol groups is 2. The fourth-order valence-electron chi connectivity index (χ4n) is 5.20. The molecule has 22 heavy (non-hydrogen) atoms. The molecule has 4 heteroatoms. The van der Waals surface area contributed by atoms with Crippen molar-refractivity contribution in [1.82, 2.24) is 0 Å². The van der Waals surface area contributed by atoms with Gasteiger partial charge in [0.05, 0.1) is 0 Å². The van der Waals surface area contributed by atoms with Crippen LogP contribution in [0.1, 0.15) is 51.4 Å². The Bertz CT molecular complexity index is 335. The highest BCUT2D eigenvalue weighted by atomic mass is 32.2. The van der Waals surface area contributed by atoms with Crippen LogP contribution in [0, 0.1) is 23.7 Å². The summed E-state index contributed by atoms with van der Waals surface area (Å²) in [6, 6.07) is 0. The molecule has 0 aliphatic heterocycles. The number of thioether (sulfide) groups is 2. The molecular formula is C18H32S4. The van der Waals surface area contributed by atoms with Crippen LogP contribution >= 0.6 is 48.8 Å². The van der Waals surface area contributed by atoms with E-state index >= 15 is 0 Å². The predicted molar refractivity (Wildman–Crippen MR) is 111 cm³/mol. The van der Waals surface area contributed by atoms with E-state index in [0.717, 1.165) is 45.7 Å². The molecule has 0 radical (unpaired) electrons. The third-order valence-electron chi connectivity index (χ3n) is 6.15. The van der Waals surface area contributed by atoms with Crippen LogP contribution in [0.15, 0.2) is 0 Å². The van der Waals surface area contributed by atoms with Crippen molar-refractivity contribution in [2.24, 2.45) is 23.7 Å². The summed E-state index contributed by atoms with van der Waals surface area (Å²) in [6.07, 6.45) is 11.6. The van der Waals surface area contributed by atoms with E-state index < -0.39 is 0 Å². The van der Waals surface area contributed by atoms with E-state index in [2.05, 4.69) is 48.8 Å². The molecule has 0 amide bonds. The third-order valence-corrected chi connectivity index (χ3v) is 9.66. The van der Waals surface area contributed by atoms with E-state index in [0.29, 0.717) is 0 Å². The fourth-order valence-corrected chi connectivity index (χ4v) is 8.68. The summed E-state index contributed by atoms with van der Waals surface area (Å²) < 4.78 is 0. The standard InChI is InChI=1S/C18H32S4/c19-5-1-3-7-21-14-11-15-13-9-17(16(15)12-14)18(10-13)22-8-4-2-6-20/h13-20H,1-12H2. The highest BCUT2D eigenvalue weighted by Crippen LogP contribution is 2.62. The van der Waals surface area contributed by atoms with Crippen LogP contribution in [-0.2, 0) is 0 Å². The normalized spacial score (nSPS) is 39.5. The minimum atomic E-state index is 0.994. The molecule has 3 aliphatic carbocycles. The molecule has 0 aromatic heterocycles. The number of hydrogen-bond acceptors (Lipinski definition) is 4. The monoisotopic (exact) mass is 376 g/mol. The lowest BCUT2D eigenvalue weighted by molar-refractivity contribution is 0.266. The zero-order valence-electron chi connectivity index (χ0n) is 13.7. The van der Waals surface area contributed by atoms with Crippen LogP contribution < -0.4 is 0 Å². The second-order valence-corrected chi connectivity index (χ2v) is 11.1. The summed E-state index contributed by atoms with van der Waals surface area (Å²) in [6.45, 7) is 0. The maximum atomic E-state index is 4.33. The lowest BCUT2D eigenvalue weighted by atomic mass is 9.81. The van der Waals surface area contributed by atoms with Gasteiger partial charge in [0.15, 0.2) is 0 Å².